The summed E-state index contributed by atoms with van der Waals surface area (Å²) in [5, 5.41) is 8.42. The molecule has 1 unspecified atom stereocenters. The minimum atomic E-state index is -5.14. The number of H-pyrrole nitrogens is 1. The molecule has 11 nitrogen and oxygen atoms in total. The molecule has 21 heavy (non-hydrogen) atoms. The lowest BCUT2D eigenvalue weighted by molar-refractivity contribution is -0.138. The molecule has 15 heteroatoms. The molecule has 1 aromatic heterocycles. The maximum Gasteiger partial charge on any atom is 0.507 e. The number of imidazole rings is 1. The summed E-state index contributed by atoms with van der Waals surface area (Å²) in [6, 6.07) is -0.863. The second-order valence-electron chi connectivity index (χ2n) is 3.16. The lowest BCUT2D eigenvalue weighted by atomic mass is 10.2. The second-order valence-corrected chi connectivity index (χ2v) is 5.05. The van der Waals surface area contributed by atoms with Crippen molar-refractivity contribution in [2.75, 3.05) is 0 Å². The number of carbonyl (C=O) groups is 1. The second kappa shape index (κ2) is 9.68. The Kier molecular flexibility index (Phi) is 10.2. The molecular weight excluding hydrogens is 342 g/mol. The van der Waals surface area contributed by atoms with E-state index in [0.29, 0.717) is 5.69 Å². The van der Waals surface area contributed by atoms with Gasteiger partial charge in [-0.2, -0.15) is 0 Å². The number of carboxylic acid groups (broad SMARTS) is 1. The molecule has 1 heterocycles. The first-order valence-electron chi connectivity index (χ1n) is 4.66. The minimum absolute atomic E-state index is 0.263. The first kappa shape index (κ1) is 22.1. The van der Waals surface area contributed by atoms with Gasteiger partial charge in [0.25, 0.3) is 0 Å². The Morgan fingerprint density at radius 2 is 1.67 bits per heavy atom. The van der Waals surface area contributed by atoms with Gasteiger partial charge >= 0.3 is 21.8 Å². The van der Waals surface area contributed by atoms with E-state index in [1.165, 1.54) is 6.33 Å². The van der Waals surface area contributed by atoms with Crippen molar-refractivity contribution >= 4 is 21.8 Å². The van der Waals surface area contributed by atoms with E-state index < -0.39 is 27.8 Å². The molecule has 0 spiro atoms. The predicted molar refractivity (Wildman–Crippen MR) is 64.2 cm³/mol. The summed E-state index contributed by atoms with van der Waals surface area (Å²) < 4.78 is 38.0. The molecule has 0 aliphatic carbocycles. The van der Waals surface area contributed by atoms with Crippen molar-refractivity contribution in [1.29, 1.82) is 0 Å². The van der Waals surface area contributed by atoms with Crippen molar-refractivity contribution in [1.82, 2.24) is 9.97 Å². The molecule has 0 amide bonds. The molecule has 1 atom stereocenters. The number of rotatable bonds is 3. The van der Waals surface area contributed by atoms with Crippen LogP contribution in [-0.2, 0) is 20.3 Å². The van der Waals surface area contributed by atoms with E-state index in [2.05, 4.69) is 9.97 Å². The maximum absolute atomic E-state index is 10.4. The van der Waals surface area contributed by atoms with Gasteiger partial charge in [-0.1, -0.05) is 0 Å². The van der Waals surface area contributed by atoms with Crippen molar-refractivity contribution in [2.45, 2.75) is 12.5 Å². The number of nitrogens with two attached hydrogens (primary N) is 1. The number of hydrogen-bond acceptors (Lipinski definition) is 5. The fourth-order valence-electron chi connectivity index (χ4n) is 0.715. The van der Waals surface area contributed by atoms with E-state index in [1.807, 2.05) is 0 Å². The molecule has 8 N–H and O–H groups in total. The van der Waals surface area contributed by atoms with Crippen LogP contribution in [0, 0.1) is 0 Å². The van der Waals surface area contributed by atoms with Gasteiger partial charge < -0.3 is 15.8 Å². The maximum atomic E-state index is 10.4. The zero-order valence-electron chi connectivity index (χ0n) is 10.1. The van der Waals surface area contributed by atoms with Gasteiger partial charge in [-0.05, 0) is 0 Å². The normalized spacial score (nSPS) is 12.3. The van der Waals surface area contributed by atoms with Gasteiger partial charge in [0.1, 0.15) is 6.04 Å². The summed E-state index contributed by atoms with van der Waals surface area (Å²) in [4.78, 5) is 44.7. The van der Waals surface area contributed by atoms with Crippen LogP contribution in [-0.4, -0.2) is 46.7 Å². The number of halogens is 2. The highest BCUT2D eigenvalue weighted by molar-refractivity contribution is 7.46. The van der Waals surface area contributed by atoms with Crippen LogP contribution in [0.15, 0.2) is 12.5 Å². The van der Waals surface area contributed by atoms with Crippen molar-refractivity contribution < 1.29 is 47.0 Å². The summed E-state index contributed by atoms with van der Waals surface area (Å²) in [6.07, 6.45) is 3.38. The number of carboxylic acids is 1. The highest BCUT2D eigenvalue weighted by atomic mass is 31.2. The standard InChI is InChI=1S/C6H9N3O2.2FH2O3P/c7-5(6(10)11)1-4-2-8-3-9-4;2*1-5(2,3)4/h2-3,5H,1,7H2,(H,8,9)(H,10,11);2*(H2,2,3,4). The topological polar surface area (TPSA) is 207 Å². The summed E-state index contributed by atoms with van der Waals surface area (Å²) >= 11 is 0. The van der Waals surface area contributed by atoms with Crippen LogP contribution in [0.4, 0.5) is 8.39 Å². The predicted octanol–water partition coefficient (Wildman–Crippen LogP) is -0.539. The zero-order valence-corrected chi connectivity index (χ0v) is 11.9. The molecule has 0 aliphatic rings. The van der Waals surface area contributed by atoms with Gasteiger partial charge in [0, 0.05) is 12.6 Å². The van der Waals surface area contributed by atoms with Crippen LogP contribution in [0.25, 0.3) is 0 Å². The van der Waals surface area contributed by atoms with Crippen LogP contribution in [0.1, 0.15) is 5.69 Å². The Morgan fingerprint density at radius 1 is 1.29 bits per heavy atom. The van der Waals surface area contributed by atoms with Crippen molar-refractivity contribution in [3.05, 3.63) is 18.2 Å². The summed E-state index contributed by atoms with van der Waals surface area (Å²) in [7, 11) is -10.3. The molecular formula is C6H13F2N3O8P2. The van der Waals surface area contributed by atoms with Gasteiger partial charge in [-0.25, -0.2) is 14.1 Å². The molecule has 0 saturated heterocycles. The monoisotopic (exact) mass is 355 g/mol. The number of aromatic nitrogens is 2. The van der Waals surface area contributed by atoms with Crippen LogP contribution >= 0.6 is 15.8 Å². The smallest absolute Gasteiger partial charge is 0.480 e. The van der Waals surface area contributed by atoms with Crippen LogP contribution in [0.5, 0.6) is 0 Å². The quantitative estimate of drug-likeness (QED) is 0.344. The van der Waals surface area contributed by atoms with Crippen molar-refractivity contribution in [2.24, 2.45) is 5.73 Å². The van der Waals surface area contributed by atoms with Crippen LogP contribution in [0.2, 0.25) is 0 Å². The summed E-state index contributed by atoms with van der Waals surface area (Å²) in [6.45, 7) is 0. The third kappa shape index (κ3) is 27.9. The van der Waals surface area contributed by atoms with Gasteiger partial charge in [0.2, 0.25) is 0 Å². The van der Waals surface area contributed by atoms with E-state index in [0.717, 1.165) is 0 Å². The largest absolute Gasteiger partial charge is 0.507 e. The van der Waals surface area contributed by atoms with Gasteiger partial charge in [-0.15, -0.1) is 8.39 Å². The number of nitrogens with zero attached hydrogens (tertiary/aromatic N) is 1. The highest BCUT2D eigenvalue weighted by Gasteiger charge is 2.12. The van der Waals surface area contributed by atoms with Crippen LogP contribution < -0.4 is 5.73 Å². The van der Waals surface area contributed by atoms with Crippen LogP contribution in [0.3, 0.4) is 0 Å². The third-order valence-corrected chi connectivity index (χ3v) is 1.30. The minimum Gasteiger partial charge on any atom is -0.480 e. The van der Waals surface area contributed by atoms with Crippen molar-refractivity contribution in [3.63, 3.8) is 0 Å². The molecule has 0 radical (unpaired) electrons. The molecule has 1 aromatic rings. The Morgan fingerprint density at radius 3 is 1.90 bits per heavy atom. The lowest BCUT2D eigenvalue weighted by Gasteiger charge is -2.01. The zero-order chi connectivity index (χ0) is 17.3. The summed E-state index contributed by atoms with van der Waals surface area (Å²) in [5.74, 6) is -1.01. The van der Waals surface area contributed by atoms with Crippen molar-refractivity contribution in [3.8, 4) is 0 Å². The Labute approximate surface area is 116 Å². The molecule has 0 saturated carbocycles. The Bertz CT molecular complexity index is 464. The molecule has 0 aromatic carbocycles. The van der Waals surface area contributed by atoms with Gasteiger partial charge in [0.15, 0.2) is 0 Å². The Balaban J connectivity index is 0. The van der Waals surface area contributed by atoms with Gasteiger partial charge in [0.05, 0.1) is 12.0 Å². The average Bonchev–Trinajstić information content (AvgIpc) is 2.64. The van der Waals surface area contributed by atoms with E-state index in [9.17, 15) is 13.2 Å². The van der Waals surface area contributed by atoms with Gasteiger partial charge in [-0.3, -0.25) is 24.4 Å². The number of aliphatic carboxylic acids is 1. The highest BCUT2D eigenvalue weighted by Crippen LogP contribution is 2.35. The Hall–Kier alpha value is -1.20. The average molecular weight is 355 g/mol. The van der Waals surface area contributed by atoms with E-state index in [-0.39, 0.29) is 6.42 Å². The SMILES string of the molecule is NC(Cc1c[nH]cn1)C(=O)O.O=P(O)(O)F.O=P(O)(O)F. The number of aromatic amines is 1. The molecule has 1 rings (SSSR count). The molecule has 124 valence electrons. The molecule has 0 fully saturated rings. The molecule has 0 aliphatic heterocycles. The molecule has 0 bridgehead atoms. The number of hydrogen-bond donors (Lipinski definition) is 7. The summed E-state index contributed by atoms with van der Waals surface area (Å²) in [5.41, 5.74) is 5.92. The number of nitrogens with one attached hydrogen (secondary N) is 1. The van der Waals surface area contributed by atoms with E-state index in [4.69, 9.17) is 39.5 Å². The fourth-order valence-corrected chi connectivity index (χ4v) is 0.715. The first-order chi connectivity index (χ1) is 9.20. The third-order valence-electron chi connectivity index (χ3n) is 1.30. The fraction of sp³-hybridized carbons (Fsp3) is 0.333. The lowest BCUT2D eigenvalue weighted by Crippen LogP contribution is -2.32. The first-order valence-corrected chi connectivity index (χ1v) is 7.67. The van der Waals surface area contributed by atoms with E-state index >= 15 is 0 Å². The van der Waals surface area contributed by atoms with E-state index in [1.54, 1.807) is 6.20 Å².